The third kappa shape index (κ3) is 2.85. The van der Waals surface area contributed by atoms with Crippen molar-refractivity contribution in [3.8, 4) is 11.5 Å². The van der Waals surface area contributed by atoms with Crippen molar-refractivity contribution in [2.75, 3.05) is 6.61 Å². The molecule has 1 aromatic rings. The van der Waals surface area contributed by atoms with E-state index in [1.807, 2.05) is 39.0 Å². The summed E-state index contributed by atoms with van der Waals surface area (Å²) in [5, 5.41) is 10.1. The number of rotatable bonds is 3. The Hall–Kier alpha value is -1.48. The average molecular weight is 248 g/mol. The van der Waals surface area contributed by atoms with Crippen LogP contribution in [0, 0.1) is 0 Å². The van der Waals surface area contributed by atoms with E-state index in [0.717, 1.165) is 16.9 Å². The highest BCUT2D eigenvalue weighted by Crippen LogP contribution is 2.41. The van der Waals surface area contributed by atoms with E-state index in [1.165, 1.54) is 0 Å². The second-order valence-corrected chi connectivity index (χ2v) is 5.53. The van der Waals surface area contributed by atoms with Crippen LogP contribution in [0.25, 0.3) is 0 Å². The van der Waals surface area contributed by atoms with Crippen LogP contribution in [0.4, 0.5) is 0 Å². The Balaban J connectivity index is 2.23. The van der Waals surface area contributed by atoms with E-state index < -0.39 is 6.10 Å². The van der Waals surface area contributed by atoms with Gasteiger partial charge in [0.15, 0.2) is 0 Å². The van der Waals surface area contributed by atoms with Crippen LogP contribution in [-0.2, 0) is 0 Å². The van der Waals surface area contributed by atoms with Gasteiger partial charge in [-0.1, -0.05) is 6.58 Å². The lowest BCUT2D eigenvalue weighted by Gasteiger charge is -2.35. The van der Waals surface area contributed by atoms with Gasteiger partial charge in [-0.3, -0.25) is 0 Å². The van der Waals surface area contributed by atoms with Gasteiger partial charge in [-0.25, -0.2) is 0 Å². The molecule has 0 saturated carbocycles. The molecule has 1 aromatic carbocycles. The fourth-order valence-corrected chi connectivity index (χ4v) is 2.09. The van der Waals surface area contributed by atoms with Crippen molar-refractivity contribution in [2.45, 2.75) is 38.9 Å². The van der Waals surface area contributed by atoms with Crippen LogP contribution < -0.4 is 9.47 Å². The molecule has 3 heteroatoms. The average Bonchev–Trinajstić information content (AvgIpc) is 2.24. The molecule has 1 atom stereocenters. The smallest absolute Gasteiger partial charge is 0.129 e. The number of hydrogen-bond acceptors (Lipinski definition) is 3. The van der Waals surface area contributed by atoms with Crippen molar-refractivity contribution in [3.05, 3.63) is 35.9 Å². The summed E-state index contributed by atoms with van der Waals surface area (Å²) in [7, 11) is 0. The van der Waals surface area contributed by atoms with Gasteiger partial charge in [-0.15, -0.1) is 0 Å². The van der Waals surface area contributed by atoms with Crippen LogP contribution in [0.5, 0.6) is 11.5 Å². The van der Waals surface area contributed by atoms with Crippen molar-refractivity contribution in [3.63, 3.8) is 0 Å². The zero-order valence-electron chi connectivity index (χ0n) is 11.2. The van der Waals surface area contributed by atoms with Crippen molar-refractivity contribution in [2.24, 2.45) is 0 Å². The Morgan fingerprint density at radius 3 is 2.94 bits per heavy atom. The molecule has 0 spiro atoms. The normalized spacial score (nSPS) is 20.8. The summed E-state index contributed by atoms with van der Waals surface area (Å²) in [4.78, 5) is 0. The lowest BCUT2D eigenvalue weighted by atomic mass is 9.92. The number of fused-ring (bicyclic) bond motifs is 1. The third-order valence-corrected chi connectivity index (χ3v) is 2.90. The maximum Gasteiger partial charge on any atom is 0.129 e. The van der Waals surface area contributed by atoms with E-state index in [4.69, 9.17) is 9.47 Å². The van der Waals surface area contributed by atoms with Gasteiger partial charge in [0, 0.05) is 18.1 Å². The Bertz CT molecular complexity index is 463. The highest BCUT2D eigenvalue weighted by Gasteiger charge is 2.32. The second-order valence-electron chi connectivity index (χ2n) is 5.53. The summed E-state index contributed by atoms with van der Waals surface area (Å²) < 4.78 is 11.5. The van der Waals surface area contributed by atoms with E-state index >= 15 is 0 Å². The standard InChI is InChI=1S/C15H20O3/c1-10(2)9-17-11-5-6-12-13(16)8-15(3,4)18-14(12)7-11/h5-7,13,16H,1,8-9H2,2-4H3. The molecular formula is C15H20O3. The Kier molecular flexibility index (Phi) is 3.35. The van der Waals surface area contributed by atoms with Gasteiger partial charge < -0.3 is 14.6 Å². The topological polar surface area (TPSA) is 38.7 Å². The van der Waals surface area contributed by atoms with Crippen LogP contribution in [0.2, 0.25) is 0 Å². The SMILES string of the molecule is C=C(C)COc1ccc2c(c1)OC(C)(C)CC2O. The monoisotopic (exact) mass is 248 g/mol. The van der Waals surface area contributed by atoms with Crippen LogP contribution in [0.3, 0.4) is 0 Å². The van der Waals surface area contributed by atoms with E-state index in [9.17, 15) is 5.11 Å². The molecule has 0 fully saturated rings. The molecule has 3 nitrogen and oxygen atoms in total. The molecule has 0 bridgehead atoms. The van der Waals surface area contributed by atoms with Crippen molar-refractivity contribution in [1.29, 1.82) is 0 Å². The maximum atomic E-state index is 10.1. The van der Waals surface area contributed by atoms with Gasteiger partial charge in [-0.05, 0) is 38.5 Å². The summed E-state index contributed by atoms with van der Waals surface area (Å²) in [6.45, 7) is 10.2. The summed E-state index contributed by atoms with van der Waals surface area (Å²) >= 11 is 0. The molecule has 1 aliphatic rings. The van der Waals surface area contributed by atoms with Gasteiger partial charge in [0.1, 0.15) is 23.7 Å². The first-order valence-corrected chi connectivity index (χ1v) is 6.15. The summed E-state index contributed by atoms with van der Waals surface area (Å²) in [5.41, 5.74) is 1.45. The molecule has 0 radical (unpaired) electrons. The first kappa shape index (κ1) is 13.0. The Labute approximate surface area is 108 Å². The first-order chi connectivity index (χ1) is 8.37. The molecular weight excluding hydrogens is 228 g/mol. The van der Waals surface area contributed by atoms with Crippen molar-refractivity contribution in [1.82, 2.24) is 0 Å². The number of ether oxygens (including phenoxy) is 2. The zero-order chi connectivity index (χ0) is 13.3. The highest BCUT2D eigenvalue weighted by molar-refractivity contribution is 5.43. The molecule has 1 unspecified atom stereocenters. The molecule has 0 aliphatic carbocycles. The van der Waals surface area contributed by atoms with Crippen LogP contribution in [0.15, 0.2) is 30.4 Å². The number of benzene rings is 1. The molecule has 98 valence electrons. The fourth-order valence-electron chi connectivity index (χ4n) is 2.09. The largest absolute Gasteiger partial charge is 0.489 e. The van der Waals surface area contributed by atoms with Gasteiger partial charge >= 0.3 is 0 Å². The molecule has 0 aromatic heterocycles. The summed E-state index contributed by atoms with van der Waals surface area (Å²) in [6.07, 6.45) is 0.130. The molecule has 1 N–H and O–H groups in total. The predicted molar refractivity (Wildman–Crippen MR) is 71.0 cm³/mol. The van der Waals surface area contributed by atoms with E-state index in [1.54, 1.807) is 0 Å². The van der Waals surface area contributed by atoms with Crippen LogP contribution in [-0.4, -0.2) is 17.3 Å². The van der Waals surface area contributed by atoms with Gasteiger partial charge in [0.2, 0.25) is 0 Å². The van der Waals surface area contributed by atoms with Gasteiger partial charge in [0.05, 0.1) is 6.10 Å². The zero-order valence-corrected chi connectivity index (χ0v) is 11.2. The van der Waals surface area contributed by atoms with Gasteiger partial charge in [-0.2, -0.15) is 0 Å². The lowest BCUT2D eigenvalue weighted by Crippen LogP contribution is -2.34. The highest BCUT2D eigenvalue weighted by atomic mass is 16.5. The molecule has 1 aliphatic heterocycles. The molecule has 0 saturated heterocycles. The molecule has 18 heavy (non-hydrogen) atoms. The summed E-state index contributed by atoms with van der Waals surface area (Å²) in [5.74, 6) is 1.44. The second kappa shape index (κ2) is 4.65. The molecule has 0 amide bonds. The minimum Gasteiger partial charge on any atom is -0.489 e. The van der Waals surface area contributed by atoms with E-state index in [0.29, 0.717) is 18.8 Å². The number of aliphatic hydroxyl groups excluding tert-OH is 1. The Morgan fingerprint density at radius 2 is 2.28 bits per heavy atom. The van der Waals surface area contributed by atoms with Crippen LogP contribution >= 0.6 is 0 Å². The van der Waals surface area contributed by atoms with Crippen molar-refractivity contribution >= 4 is 0 Å². The first-order valence-electron chi connectivity index (χ1n) is 6.15. The maximum absolute atomic E-state index is 10.1. The third-order valence-electron chi connectivity index (χ3n) is 2.90. The van der Waals surface area contributed by atoms with Crippen LogP contribution in [0.1, 0.15) is 38.9 Å². The van der Waals surface area contributed by atoms with E-state index in [-0.39, 0.29) is 5.60 Å². The van der Waals surface area contributed by atoms with Gasteiger partial charge in [0.25, 0.3) is 0 Å². The lowest BCUT2D eigenvalue weighted by molar-refractivity contribution is 0.0113. The predicted octanol–water partition coefficient (Wildman–Crippen LogP) is 3.24. The summed E-state index contributed by atoms with van der Waals surface area (Å²) in [6, 6.07) is 5.55. The minimum absolute atomic E-state index is 0.348. The Morgan fingerprint density at radius 1 is 1.56 bits per heavy atom. The molecule has 1 heterocycles. The number of hydrogen-bond donors (Lipinski definition) is 1. The fraction of sp³-hybridized carbons (Fsp3) is 0.467. The minimum atomic E-state index is -0.473. The van der Waals surface area contributed by atoms with E-state index in [2.05, 4.69) is 6.58 Å². The number of aliphatic hydroxyl groups is 1. The molecule has 2 rings (SSSR count). The quantitative estimate of drug-likeness (QED) is 0.835. The van der Waals surface area contributed by atoms with Crippen molar-refractivity contribution < 1.29 is 14.6 Å².